The molecule has 0 aliphatic rings. The van der Waals surface area contributed by atoms with Gasteiger partial charge in [0.2, 0.25) is 0 Å². The molecule has 0 heterocycles. The highest BCUT2D eigenvalue weighted by Crippen LogP contribution is 1.95. The molecule has 1 heteroatoms. The summed E-state index contributed by atoms with van der Waals surface area (Å²) >= 11 is 0. The first-order valence-corrected chi connectivity index (χ1v) is 2.35. The van der Waals surface area contributed by atoms with E-state index in [-0.39, 0.29) is 0 Å². The molecule has 0 aromatic heterocycles. The fourth-order valence-corrected chi connectivity index (χ4v) is 0.305. The Kier molecular flexibility index (Phi) is 3.29. The monoisotopic (exact) mass is 98.1 g/mol. The average molecular weight is 98.1 g/mol. The first-order valence-electron chi connectivity index (χ1n) is 2.35. The molecule has 0 aromatic rings. The maximum absolute atomic E-state index is 9.67. The van der Waals surface area contributed by atoms with Crippen molar-refractivity contribution >= 4 is 6.29 Å². The molecular formula is C6H10O. The van der Waals surface area contributed by atoms with Crippen molar-refractivity contribution in [2.45, 2.75) is 19.8 Å². The zero-order valence-corrected chi connectivity index (χ0v) is 4.61. The molecule has 0 bridgehead atoms. The minimum absolute atomic E-state index is 0.620. The number of allylic oxidation sites excluding steroid dienone is 1. The van der Waals surface area contributed by atoms with Gasteiger partial charge in [0, 0.05) is 6.42 Å². The van der Waals surface area contributed by atoms with Crippen molar-refractivity contribution in [1.82, 2.24) is 0 Å². The Morgan fingerprint density at radius 3 is 2.57 bits per heavy atom. The van der Waals surface area contributed by atoms with Gasteiger partial charge in [-0.25, -0.2) is 0 Å². The molecule has 1 nitrogen and oxygen atoms in total. The van der Waals surface area contributed by atoms with Gasteiger partial charge in [-0.05, 0) is 13.3 Å². The fraction of sp³-hybridized carbons (Fsp3) is 0.500. The molecule has 0 radical (unpaired) electrons. The summed E-state index contributed by atoms with van der Waals surface area (Å²) in [7, 11) is 0. The van der Waals surface area contributed by atoms with Gasteiger partial charge in [0.1, 0.15) is 6.29 Å². The summed E-state index contributed by atoms with van der Waals surface area (Å²) in [5.74, 6) is 0. The number of carbonyl (C=O) groups excluding carboxylic acids is 1. The van der Waals surface area contributed by atoms with E-state index in [1.165, 1.54) is 0 Å². The van der Waals surface area contributed by atoms with Crippen molar-refractivity contribution in [1.29, 1.82) is 0 Å². The number of aldehydes is 1. The van der Waals surface area contributed by atoms with Crippen LogP contribution >= 0.6 is 0 Å². The summed E-state index contributed by atoms with van der Waals surface area (Å²) in [6, 6.07) is 0. The second-order valence-corrected chi connectivity index (χ2v) is 1.66. The lowest BCUT2D eigenvalue weighted by Crippen LogP contribution is -1.74. The fourth-order valence-electron chi connectivity index (χ4n) is 0.305. The molecular weight excluding hydrogens is 88.1 g/mol. The highest BCUT2D eigenvalue weighted by Gasteiger charge is 1.81. The summed E-state index contributed by atoms with van der Waals surface area (Å²) in [6.07, 6.45) is 2.37. The van der Waals surface area contributed by atoms with Crippen molar-refractivity contribution in [3.63, 3.8) is 0 Å². The van der Waals surface area contributed by atoms with E-state index < -0.39 is 0 Å². The van der Waals surface area contributed by atoms with E-state index in [9.17, 15) is 4.79 Å². The topological polar surface area (TPSA) is 17.1 Å². The lowest BCUT2D eigenvalue weighted by atomic mass is 10.2. The standard InChI is InChI=1S/C6H10O/c1-6(2)4-3-5-7/h5H,1,3-4H2,2H3. The van der Waals surface area contributed by atoms with Gasteiger partial charge in [0.15, 0.2) is 0 Å². The second-order valence-electron chi connectivity index (χ2n) is 1.66. The van der Waals surface area contributed by atoms with E-state index in [0.717, 1.165) is 18.3 Å². The van der Waals surface area contributed by atoms with E-state index in [4.69, 9.17) is 0 Å². The van der Waals surface area contributed by atoms with Crippen molar-refractivity contribution in [2.75, 3.05) is 0 Å². The highest BCUT2D eigenvalue weighted by atomic mass is 16.1. The molecule has 0 aromatic carbocycles. The third-order valence-electron chi connectivity index (χ3n) is 0.689. The van der Waals surface area contributed by atoms with Gasteiger partial charge in [-0.15, -0.1) is 6.58 Å². The minimum Gasteiger partial charge on any atom is -0.303 e. The van der Waals surface area contributed by atoms with Crippen LogP contribution in [0, 0.1) is 0 Å². The lowest BCUT2D eigenvalue weighted by molar-refractivity contribution is -0.107. The Balaban J connectivity index is 2.97. The maximum Gasteiger partial charge on any atom is 0.120 e. The third-order valence-corrected chi connectivity index (χ3v) is 0.689. The molecule has 0 saturated heterocycles. The third kappa shape index (κ3) is 5.41. The zero-order valence-electron chi connectivity index (χ0n) is 4.61. The predicted molar refractivity (Wildman–Crippen MR) is 30.1 cm³/mol. The first kappa shape index (κ1) is 6.41. The molecule has 40 valence electrons. The molecule has 0 atom stereocenters. The molecule has 7 heavy (non-hydrogen) atoms. The molecule has 0 unspecified atom stereocenters. The van der Waals surface area contributed by atoms with Crippen LogP contribution in [0.4, 0.5) is 0 Å². The molecule has 0 fully saturated rings. The van der Waals surface area contributed by atoms with Crippen LogP contribution in [0.2, 0.25) is 0 Å². The summed E-state index contributed by atoms with van der Waals surface area (Å²) < 4.78 is 0. The summed E-state index contributed by atoms with van der Waals surface area (Å²) in [5.41, 5.74) is 1.08. The molecule has 0 aliphatic heterocycles. The van der Waals surface area contributed by atoms with Crippen LogP contribution in [0.25, 0.3) is 0 Å². The maximum atomic E-state index is 9.67. The van der Waals surface area contributed by atoms with Gasteiger partial charge >= 0.3 is 0 Å². The SMILES string of the molecule is C=C(C)CCC=O. The van der Waals surface area contributed by atoms with Crippen LogP contribution in [0.5, 0.6) is 0 Å². The van der Waals surface area contributed by atoms with Gasteiger partial charge < -0.3 is 4.79 Å². The van der Waals surface area contributed by atoms with Gasteiger partial charge in [-0.1, -0.05) is 5.57 Å². The van der Waals surface area contributed by atoms with Gasteiger partial charge in [-0.2, -0.15) is 0 Å². The molecule has 0 spiro atoms. The number of carbonyl (C=O) groups is 1. The van der Waals surface area contributed by atoms with E-state index in [0.29, 0.717) is 6.42 Å². The highest BCUT2D eigenvalue weighted by molar-refractivity contribution is 5.49. The van der Waals surface area contributed by atoms with E-state index in [1.54, 1.807) is 0 Å². The van der Waals surface area contributed by atoms with Gasteiger partial charge in [0.25, 0.3) is 0 Å². The number of hydrogen-bond acceptors (Lipinski definition) is 1. The Bertz CT molecular complexity index is 74.2. The van der Waals surface area contributed by atoms with Crippen molar-refractivity contribution in [3.8, 4) is 0 Å². The van der Waals surface area contributed by atoms with E-state index in [2.05, 4.69) is 6.58 Å². The van der Waals surface area contributed by atoms with Crippen LogP contribution in [-0.4, -0.2) is 6.29 Å². The summed E-state index contributed by atoms with van der Waals surface area (Å²) in [4.78, 5) is 9.67. The molecule has 0 aliphatic carbocycles. The normalized spacial score (nSPS) is 8.14. The largest absolute Gasteiger partial charge is 0.303 e. The molecule has 0 N–H and O–H groups in total. The van der Waals surface area contributed by atoms with Crippen molar-refractivity contribution in [3.05, 3.63) is 12.2 Å². The molecule has 0 saturated carbocycles. The minimum atomic E-state index is 0.620. The van der Waals surface area contributed by atoms with Crippen LogP contribution in [0.15, 0.2) is 12.2 Å². The van der Waals surface area contributed by atoms with Crippen LogP contribution in [-0.2, 0) is 4.79 Å². The Morgan fingerprint density at radius 2 is 2.43 bits per heavy atom. The molecule has 0 rings (SSSR count). The second kappa shape index (κ2) is 3.59. The van der Waals surface area contributed by atoms with Crippen LogP contribution < -0.4 is 0 Å². The summed E-state index contributed by atoms with van der Waals surface area (Å²) in [6.45, 7) is 5.55. The number of rotatable bonds is 3. The Hall–Kier alpha value is -0.590. The predicted octanol–water partition coefficient (Wildman–Crippen LogP) is 1.54. The first-order chi connectivity index (χ1) is 3.27. The average Bonchev–Trinajstić information content (AvgIpc) is 1.61. The summed E-state index contributed by atoms with van der Waals surface area (Å²) in [5, 5.41) is 0. The molecule has 0 amide bonds. The number of hydrogen-bond donors (Lipinski definition) is 0. The quantitative estimate of drug-likeness (QED) is 0.386. The Labute approximate surface area is 44.0 Å². The van der Waals surface area contributed by atoms with Gasteiger partial charge in [-0.3, -0.25) is 0 Å². The van der Waals surface area contributed by atoms with E-state index in [1.807, 2.05) is 6.92 Å². The lowest BCUT2D eigenvalue weighted by Gasteiger charge is -1.86. The smallest absolute Gasteiger partial charge is 0.120 e. The van der Waals surface area contributed by atoms with Crippen molar-refractivity contribution < 1.29 is 4.79 Å². The van der Waals surface area contributed by atoms with Gasteiger partial charge in [0.05, 0.1) is 0 Å². The van der Waals surface area contributed by atoms with Crippen LogP contribution in [0.3, 0.4) is 0 Å². The Morgan fingerprint density at radius 1 is 1.86 bits per heavy atom. The van der Waals surface area contributed by atoms with E-state index >= 15 is 0 Å². The zero-order chi connectivity index (χ0) is 5.70. The van der Waals surface area contributed by atoms with Crippen LogP contribution in [0.1, 0.15) is 19.8 Å². The van der Waals surface area contributed by atoms with Crippen molar-refractivity contribution in [2.24, 2.45) is 0 Å².